The standard InChI is InChI=1S/C12H14FN3S/c1-8-11(14)16-17-12(8)15-7-6-9-2-4-10(13)5-3-9/h2-5,15H,6-7H2,1H3,(H2,14,16). The summed E-state index contributed by atoms with van der Waals surface area (Å²) >= 11 is 1.37. The highest BCUT2D eigenvalue weighted by Crippen LogP contribution is 2.24. The third-order valence-corrected chi connectivity index (χ3v) is 3.49. The van der Waals surface area contributed by atoms with Gasteiger partial charge in [0.25, 0.3) is 0 Å². The summed E-state index contributed by atoms with van der Waals surface area (Å²) in [7, 11) is 0. The van der Waals surface area contributed by atoms with Gasteiger partial charge in [-0.3, -0.25) is 0 Å². The molecule has 1 aromatic heterocycles. The number of hydrogen-bond donors (Lipinski definition) is 2. The molecular weight excluding hydrogens is 237 g/mol. The second-order valence-corrected chi connectivity index (χ2v) is 4.60. The van der Waals surface area contributed by atoms with Crippen LogP contribution >= 0.6 is 11.5 Å². The molecule has 1 aromatic carbocycles. The molecule has 0 aliphatic carbocycles. The van der Waals surface area contributed by atoms with Gasteiger partial charge >= 0.3 is 0 Å². The molecule has 17 heavy (non-hydrogen) atoms. The lowest BCUT2D eigenvalue weighted by molar-refractivity contribution is 0.627. The van der Waals surface area contributed by atoms with Crippen molar-refractivity contribution in [3.63, 3.8) is 0 Å². The minimum absolute atomic E-state index is 0.201. The number of nitrogens with two attached hydrogens (primary N) is 1. The number of aromatic nitrogens is 1. The zero-order chi connectivity index (χ0) is 12.3. The molecule has 0 spiro atoms. The molecule has 0 aliphatic rings. The largest absolute Gasteiger partial charge is 0.383 e. The summed E-state index contributed by atoms with van der Waals surface area (Å²) in [6, 6.07) is 6.55. The van der Waals surface area contributed by atoms with Crippen molar-refractivity contribution in [3.8, 4) is 0 Å². The van der Waals surface area contributed by atoms with Crippen molar-refractivity contribution >= 4 is 22.4 Å². The Labute approximate surface area is 104 Å². The van der Waals surface area contributed by atoms with Gasteiger partial charge in [-0.1, -0.05) is 12.1 Å². The zero-order valence-electron chi connectivity index (χ0n) is 9.53. The molecule has 0 unspecified atom stereocenters. The van der Waals surface area contributed by atoms with Crippen LogP contribution in [0.1, 0.15) is 11.1 Å². The SMILES string of the molecule is Cc1c(N)nsc1NCCc1ccc(F)cc1. The Bertz CT molecular complexity index is 493. The molecule has 3 nitrogen and oxygen atoms in total. The lowest BCUT2D eigenvalue weighted by Gasteiger charge is -2.04. The molecule has 0 atom stereocenters. The summed E-state index contributed by atoms with van der Waals surface area (Å²) in [5, 5.41) is 4.28. The van der Waals surface area contributed by atoms with Crippen molar-refractivity contribution in [2.45, 2.75) is 13.3 Å². The van der Waals surface area contributed by atoms with Crippen LogP contribution in [0.5, 0.6) is 0 Å². The topological polar surface area (TPSA) is 50.9 Å². The first-order chi connectivity index (χ1) is 8.16. The van der Waals surface area contributed by atoms with Gasteiger partial charge in [-0.15, -0.1) is 0 Å². The first-order valence-corrected chi connectivity index (χ1v) is 6.14. The molecular formula is C12H14FN3S. The molecule has 0 fully saturated rings. The van der Waals surface area contributed by atoms with E-state index in [2.05, 4.69) is 9.69 Å². The Kier molecular flexibility index (Phi) is 3.58. The highest BCUT2D eigenvalue weighted by atomic mass is 32.1. The van der Waals surface area contributed by atoms with Crippen molar-refractivity contribution in [1.29, 1.82) is 0 Å². The first-order valence-electron chi connectivity index (χ1n) is 5.37. The second kappa shape index (κ2) is 5.14. The predicted molar refractivity (Wildman–Crippen MR) is 69.9 cm³/mol. The lowest BCUT2D eigenvalue weighted by Crippen LogP contribution is -2.04. The maximum absolute atomic E-state index is 12.7. The minimum atomic E-state index is -0.201. The number of hydrogen-bond acceptors (Lipinski definition) is 4. The number of benzene rings is 1. The quantitative estimate of drug-likeness (QED) is 0.878. The molecule has 0 radical (unpaired) electrons. The van der Waals surface area contributed by atoms with Gasteiger partial charge in [-0.25, -0.2) is 4.39 Å². The fraction of sp³-hybridized carbons (Fsp3) is 0.250. The molecule has 3 N–H and O–H groups in total. The Hall–Kier alpha value is -1.62. The van der Waals surface area contributed by atoms with Crippen molar-refractivity contribution in [3.05, 3.63) is 41.2 Å². The van der Waals surface area contributed by atoms with Crippen molar-refractivity contribution < 1.29 is 4.39 Å². The summed E-state index contributed by atoms with van der Waals surface area (Å²) in [5.41, 5.74) is 7.76. The van der Waals surface area contributed by atoms with E-state index in [4.69, 9.17) is 5.73 Å². The number of nitrogens with one attached hydrogen (secondary N) is 1. The van der Waals surface area contributed by atoms with Crippen LogP contribution in [0.4, 0.5) is 15.2 Å². The van der Waals surface area contributed by atoms with Crippen LogP contribution in [0, 0.1) is 12.7 Å². The van der Waals surface area contributed by atoms with E-state index in [9.17, 15) is 4.39 Å². The summed E-state index contributed by atoms with van der Waals surface area (Å²) in [5.74, 6) is 0.382. The van der Waals surface area contributed by atoms with Gasteiger partial charge in [0.05, 0.1) is 0 Å². The first kappa shape index (κ1) is 11.9. The van der Waals surface area contributed by atoms with E-state index in [0.717, 1.165) is 29.1 Å². The minimum Gasteiger partial charge on any atom is -0.383 e. The molecule has 2 rings (SSSR count). The summed E-state index contributed by atoms with van der Waals surface area (Å²) < 4.78 is 16.8. The van der Waals surface area contributed by atoms with E-state index in [1.807, 2.05) is 6.92 Å². The molecule has 0 bridgehead atoms. The van der Waals surface area contributed by atoms with Gasteiger partial charge in [0.2, 0.25) is 0 Å². The van der Waals surface area contributed by atoms with Gasteiger partial charge in [0.1, 0.15) is 16.6 Å². The number of nitrogens with zero attached hydrogens (tertiary/aromatic N) is 1. The van der Waals surface area contributed by atoms with E-state index in [1.54, 1.807) is 12.1 Å². The zero-order valence-corrected chi connectivity index (χ0v) is 10.4. The Morgan fingerprint density at radius 3 is 2.65 bits per heavy atom. The monoisotopic (exact) mass is 251 g/mol. The Morgan fingerprint density at radius 1 is 1.35 bits per heavy atom. The highest BCUT2D eigenvalue weighted by Gasteiger charge is 2.05. The summed E-state index contributed by atoms with van der Waals surface area (Å²) in [6.07, 6.45) is 0.845. The van der Waals surface area contributed by atoms with Crippen molar-refractivity contribution in [1.82, 2.24) is 4.37 Å². The van der Waals surface area contributed by atoms with Crippen LogP contribution in [0.25, 0.3) is 0 Å². The highest BCUT2D eigenvalue weighted by molar-refractivity contribution is 7.10. The van der Waals surface area contributed by atoms with E-state index in [1.165, 1.54) is 23.7 Å². The number of anilines is 2. The predicted octanol–water partition coefficient (Wildman–Crippen LogP) is 2.83. The van der Waals surface area contributed by atoms with Crippen molar-refractivity contribution in [2.75, 3.05) is 17.6 Å². The molecule has 2 aromatic rings. The van der Waals surface area contributed by atoms with Gasteiger partial charge in [0, 0.05) is 12.1 Å². The fourth-order valence-electron chi connectivity index (χ4n) is 1.48. The number of rotatable bonds is 4. The van der Waals surface area contributed by atoms with Crippen LogP contribution in [0.3, 0.4) is 0 Å². The van der Waals surface area contributed by atoms with Gasteiger partial charge < -0.3 is 11.1 Å². The maximum atomic E-state index is 12.7. The van der Waals surface area contributed by atoms with Gasteiger partial charge in [-0.05, 0) is 42.6 Å². The van der Waals surface area contributed by atoms with E-state index >= 15 is 0 Å². The summed E-state index contributed by atoms with van der Waals surface area (Å²) in [6.45, 7) is 2.73. The van der Waals surface area contributed by atoms with Crippen molar-refractivity contribution in [2.24, 2.45) is 0 Å². The normalized spacial score (nSPS) is 10.5. The molecule has 1 heterocycles. The van der Waals surface area contributed by atoms with Crippen LogP contribution in [-0.4, -0.2) is 10.9 Å². The smallest absolute Gasteiger partial charge is 0.142 e. The average molecular weight is 251 g/mol. The van der Waals surface area contributed by atoms with E-state index in [0.29, 0.717) is 5.82 Å². The van der Waals surface area contributed by atoms with Crippen LogP contribution < -0.4 is 11.1 Å². The van der Waals surface area contributed by atoms with Crippen LogP contribution in [-0.2, 0) is 6.42 Å². The number of halogens is 1. The third kappa shape index (κ3) is 2.94. The molecule has 5 heteroatoms. The molecule has 0 saturated heterocycles. The van der Waals surface area contributed by atoms with Crippen LogP contribution in [0.15, 0.2) is 24.3 Å². The molecule has 0 amide bonds. The van der Waals surface area contributed by atoms with E-state index in [-0.39, 0.29) is 5.82 Å². The lowest BCUT2D eigenvalue weighted by atomic mass is 10.1. The van der Waals surface area contributed by atoms with Gasteiger partial charge in [-0.2, -0.15) is 4.37 Å². The Balaban J connectivity index is 1.87. The number of nitrogen functional groups attached to an aromatic ring is 1. The molecule has 90 valence electrons. The third-order valence-electron chi connectivity index (χ3n) is 2.57. The van der Waals surface area contributed by atoms with E-state index < -0.39 is 0 Å². The van der Waals surface area contributed by atoms with Crippen LogP contribution in [0.2, 0.25) is 0 Å². The Morgan fingerprint density at radius 2 is 2.06 bits per heavy atom. The molecule has 0 saturated carbocycles. The second-order valence-electron chi connectivity index (χ2n) is 3.83. The maximum Gasteiger partial charge on any atom is 0.142 e. The average Bonchev–Trinajstić information content (AvgIpc) is 2.64. The molecule has 0 aliphatic heterocycles. The fourth-order valence-corrected chi connectivity index (χ4v) is 2.22. The summed E-state index contributed by atoms with van der Waals surface area (Å²) in [4.78, 5) is 0. The van der Waals surface area contributed by atoms with Gasteiger partial charge in [0.15, 0.2) is 0 Å².